The summed E-state index contributed by atoms with van der Waals surface area (Å²) in [5.41, 5.74) is 0.501. The SMILES string of the molecule is COC(=O)CCC(Oc1ccccc1I)C(=O)c1ccc(OC)cc1. The fraction of sp³-hybridized carbons (Fsp3) is 0.263. The number of halogens is 1. The van der Waals surface area contributed by atoms with Gasteiger partial charge in [-0.1, -0.05) is 12.1 Å². The van der Waals surface area contributed by atoms with Gasteiger partial charge in [0.2, 0.25) is 5.78 Å². The first-order valence-corrected chi connectivity index (χ1v) is 8.79. The van der Waals surface area contributed by atoms with Crippen LogP contribution in [0.25, 0.3) is 0 Å². The summed E-state index contributed by atoms with van der Waals surface area (Å²) in [6, 6.07) is 14.2. The lowest BCUT2D eigenvalue weighted by Gasteiger charge is -2.19. The number of ether oxygens (including phenoxy) is 3. The predicted octanol–water partition coefficient (Wildman–Crippen LogP) is 3.88. The highest BCUT2D eigenvalue weighted by Gasteiger charge is 2.24. The number of methoxy groups -OCH3 is 2. The third-order valence-corrected chi connectivity index (χ3v) is 4.50. The second kappa shape index (κ2) is 9.41. The molecule has 0 aliphatic heterocycles. The summed E-state index contributed by atoms with van der Waals surface area (Å²) >= 11 is 2.15. The van der Waals surface area contributed by atoms with Gasteiger partial charge in [-0.3, -0.25) is 9.59 Å². The molecule has 0 saturated heterocycles. The van der Waals surface area contributed by atoms with Crippen LogP contribution in [0.3, 0.4) is 0 Å². The number of hydrogen-bond donors (Lipinski definition) is 0. The number of carbonyl (C=O) groups excluding carboxylic acids is 2. The van der Waals surface area contributed by atoms with E-state index in [9.17, 15) is 9.59 Å². The van der Waals surface area contributed by atoms with E-state index in [-0.39, 0.29) is 24.6 Å². The maximum absolute atomic E-state index is 12.8. The van der Waals surface area contributed by atoms with E-state index in [1.807, 2.05) is 18.2 Å². The van der Waals surface area contributed by atoms with E-state index in [4.69, 9.17) is 9.47 Å². The Hall–Kier alpha value is -2.09. The highest BCUT2D eigenvalue weighted by Crippen LogP contribution is 2.24. The number of rotatable bonds is 8. The van der Waals surface area contributed by atoms with E-state index in [1.165, 1.54) is 7.11 Å². The number of esters is 1. The van der Waals surface area contributed by atoms with Gasteiger partial charge in [0.05, 0.1) is 17.8 Å². The van der Waals surface area contributed by atoms with Crippen molar-refractivity contribution in [3.05, 3.63) is 57.7 Å². The summed E-state index contributed by atoms with van der Waals surface area (Å²) in [7, 11) is 2.89. The van der Waals surface area contributed by atoms with Crippen molar-refractivity contribution in [2.75, 3.05) is 14.2 Å². The van der Waals surface area contributed by atoms with Crippen LogP contribution in [0.2, 0.25) is 0 Å². The molecule has 1 unspecified atom stereocenters. The van der Waals surface area contributed by atoms with Crippen molar-refractivity contribution in [3.8, 4) is 11.5 Å². The van der Waals surface area contributed by atoms with Crippen LogP contribution in [0.4, 0.5) is 0 Å². The van der Waals surface area contributed by atoms with Crippen LogP contribution in [0.5, 0.6) is 11.5 Å². The summed E-state index contributed by atoms with van der Waals surface area (Å²) in [6.07, 6.45) is -0.432. The molecule has 2 aromatic rings. The van der Waals surface area contributed by atoms with Crippen LogP contribution >= 0.6 is 22.6 Å². The lowest BCUT2D eigenvalue weighted by atomic mass is 10.0. The lowest BCUT2D eigenvalue weighted by Crippen LogP contribution is -2.29. The van der Waals surface area contributed by atoms with E-state index in [2.05, 4.69) is 27.3 Å². The second-order valence-electron chi connectivity index (χ2n) is 5.24. The molecule has 0 saturated carbocycles. The van der Waals surface area contributed by atoms with Crippen molar-refractivity contribution in [2.24, 2.45) is 0 Å². The van der Waals surface area contributed by atoms with Gasteiger partial charge in [0.1, 0.15) is 11.5 Å². The maximum atomic E-state index is 12.8. The van der Waals surface area contributed by atoms with Gasteiger partial charge < -0.3 is 14.2 Å². The standard InChI is InChI=1S/C19H19IO5/c1-23-14-9-7-13(8-10-14)19(22)17(11-12-18(21)24-2)25-16-6-4-3-5-15(16)20/h3-10,17H,11-12H2,1-2H3. The Balaban J connectivity index is 2.21. The molecular formula is C19H19IO5. The van der Waals surface area contributed by atoms with Crippen LogP contribution in [-0.2, 0) is 9.53 Å². The Labute approximate surface area is 160 Å². The van der Waals surface area contributed by atoms with Crippen molar-refractivity contribution in [2.45, 2.75) is 18.9 Å². The highest BCUT2D eigenvalue weighted by molar-refractivity contribution is 14.1. The zero-order valence-electron chi connectivity index (χ0n) is 14.0. The summed E-state index contributed by atoms with van der Waals surface area (Å²) in [4.78, 5) is 24.3. The molecule has 5 nitrogen and oxygen atoms in total. The quantitative estimate of drug-likeness (QED) is 0.344. The van der Waals surface area contributed by atoms with Gasteiger partial charge in [-0.15, -0.1) is 0 Å². The number of para-hydroxylation sites is 1. The van der Waals surface area contributed by atoms with E-state index in [0.717, 1.165) is 3.57 Å². The Morgan fingerprint density at radius 2 is 1.72 bits per heavy atom. The molecule has 25 heavy (non-hydrogen) atoms. The highest BCUT2D eigenvalue weighted by atomic mass is 127. The average molecular weight is 454 g/mol. The van der Waals surface area contributed by atoms with Crippen molar-refractivity contribution < 1.29 is 23.8 Å². The van der Waals surface area contributed by atoms with E-state index in [0.29, 0.717) is 17.1 Å². The van der Waals surface area contributed by atoms with Gasteiger partial charge in [0, 0.05) is 18.4 Å². The van der Waals surface area contributed by atoms with Crippen molar-refractivity contribution in [3.63, 3.8) is 0 Å². The fourth-order valence-electron chi connectivity index (χ4n) is 2.23. The Morgan fingerprint density at radius 1 is 1.04 bits per heavy atom. The number of Topliss-reactive ketones (excluding diaryl/α,β-unsaturated/α-hetero) is 1. The molecule has 0 spiro atoms. The first kappa shape index (κ1) is 19.2. The Kier molecular flexibility index (Phi) is 7.24. The van der Waals surface area contributed by atoms with Crippen LogP contribution in [0.1, 0.15) is 23.2 Å². The molecule has 0 radical (unpaired) electrons. The molecule has 0 aliphatic rings. The van der Waals surface area contributed by atoms with Gasteiger partial charge in [-0.05, 0) is 59.0 Å². The molecule has 0 fully saturated rings. The molecule has 0 amide bonds. The third-order valence-electron chi connectivity index (χ3n) is 3.61. The van der Waals surface area contributed by atoms with Crippen molar-refractivity contribution >= 4 is 34.3 Å². The Bertz CT molecular complexity index is 727. The third kappa shape index (κ3) is 5.45. The Morgan fingerprint density at radius 3 is 2.32 bits per heavy atom. The van der Waals surface area contributed by atoms with Crippen molar-refractivity contribution in [1.82, 2.24) is 0 Å². The molecule has 6 heteroatoms. The van der Waals surface area contributed by atoms with Crippen LogP contribution in [-0.4, -0.2) is 32.1 Å². The number of hydrogen-bond acceptors (Lipinski definition) is 5. The minimum atomic E-state index is -0.775. The first-order chi connectivity index (χ1) is 12.0. The van der Waals surface area contributed by atoms with E-state index in [1.54, 1.807) is 37.4 Å². The van der Waals surface area contributed by atoms with Crippen molar-refractivity contribution in [1.29, 1.82) is 0 Å². The largest absolute Gasteiger partial charge is 0.497 e. The summed E-state index contributed by atoms with van der Waals surface area (Å²) in [6.45, 7) is 0. The van der Waals surface area contributed by atoms with Gasteiger partial charge in [-0.25, -0.2) is 0 Å². The summed E-state index contributed by atoms with van der Waals surface area (Å²) < 4.78 is 16.6. The van der Waals surface area contributed by atoms with Gasteiger partial charge >= 0.3 is 5.97 Å². The van der Waals surface area contributed by atoms with Crippen LogP contribution in [0.15, 0.2) is 48.5 Å². The number of ketones is 1. The maximum Gasteiger partial charge on any atom is 0.305 e. The molecule has 0 N–H and O–H groups in total. The minimum absolute atomic E-state index is 0.104. The predicted molar refractivity (Wildman–Crippen MR) is 102 cm³/mol. The smallest absolute Gasteiger partial charge is 0.305 e. The van der Waals surface area contributed by atoms with Gasteiger partial charge in [0.25, 0.3) is 0 Å². The number of carbonyl (C=O) groups is 2. The topological polar surface area (TPSA) is 61.8 Å². The monoisotopic (exact) mass is 454 g/mol. The first-order valence-electron chi connectivity index (χ1n) is 7.71. The summed E-state index contributed by atoms with van der Waals surface area (Å²) in [5, 5.41) is 0. The van der Waals surface area contributed by atoms with E-state index < -0.39 is 6.10 Å². The van der Waals surface area contributed by atoms with E-state index >= 15 is 0 Å². The molecule has 0 aromatic heterocycles. The normalized spacial score (nSPS) is 11.5. The molecule has 1 atom stereocenters. The van der Waals surface area contributed by atoms with Gasteiger partial charge in [0.15, 0.2) is 6.10 Å². The molecule has 2 rings (SSSR count). The lowest BCUT2D eigenvalue weighted by molar-refractivity contribution is -0.141. The fourth-order valence-corrected chi connectivity index (χ4v) is 2.74. The van der Waals surface area contributed by atoms with Crippen LogP contribution in [0, 0.1) is 3.57 Å². The van der Waals surface area contributed by atoms with Crippen LogP contribution < -0.4 is 9.47 Å². The minimum Gasteiger partial charge on any atom is -0.497 e. The summed E-state index contributed by atoms with van der Waals surface area (Å²) in [5.74, 6) is 0.714. The van der Waals surface area contributed by atoms with Gasteiger partial charge in [-0.2, -0.15) is 0 Å². The second-order valence-corrected chi connectivity index (χ2v) is 6.41. The molecule has 132 valence electrons. The number of benzene rings is 2. The zero-order chi connectivity index (χ0) is 18.2. The molecular weight excluding hydrogens is 435 g/mol. The molecule has 2 aromatic carbocycles. The molecule has 0 bridgehead atoms. The molecule has 0 heterocycles. The molecule has 0 aliphatic carbocycles. The average Bonchev–Trinajstić information content (AvgIpc) is 2.65. The zero-order valence-corrected chi connectivity index (χ0v) is 16.2.